The van der Waals surface area contributed by atoms with Gasteiger partial charge in [0.25, 0.3) is 5.91 Å². The molecule has 31 heavy (non-hydrogen) atoms. The van der Waals surface area contributed by atoms with Crippen molar-refractivity contribution in [3.05, 3.63) is 28.7 Å². The second-order valence-corrected chi connectivity index (χ2v) is 8.84. The third-order valence-corrected chi connectivity index (χ3v) is 6.04. The summed E-state index contributed by atoms with van der Waals surface area (Å²) in [6, 6.07) is 5.54. The van der Waals surface area contributed by atoms with Crippen LogP contribution in [0.4, 0.5) is 0 Å². The van der Waals surface area contributed by atoms with Crippen LogP contribution in [0.25, 0.3) is 6.08 Å². The number of rotatable bonds is 13. The summed E-state index contributed by atoms with van der Waals surface area (Å²) in [5.74, 6) is 0.545. The molecule has 0 radical (unpaired) electrons. The topological polar surface area (TPSA) is 65.1 Å². The first kappa shape index (κ1) is 25.2. The summed E-state index contributed by atoms with van der Waals surface area (Å²) < 4.78 is 16.8. The molecule has 1 saturated heterocycles. The molecule has 0 unspecified atom stereocenters. The summed E-state index contributed by atoms with van der Waals surface area (Å²) in [7, 11) is 1.59. The van der Waals surface area contributed by atoms with Crippen LogP contribution >= 0.6 is 24.0 Å². The first-order valence-corrected chi connectivity index (χ1v) is 11.9. The van der Waals surface area contributed by atoms with Gasteiger partial charge in [-0.05, 0) is 36.6 Å². The molecule has 1 aromatic rings. The van der Waals surface area contributed by atoms with E-state index in [0.29, 0.717) is 33.9 Å². The third kappa shape index (κ3) is 7.85. The summed E-state index contributed by atoms with van der Waals surface area (Å²) in [4.78, 5) is 26.4. The zero-order chi connectivity index (χ0) is 22.6. The van der Waals surface area contributed by atoms with E-state index in [2.05, 4.69) is 6.92 Å². The van der Waals surface area contributed by atoms with Gasteiger partial charge in [-0.1, -0.05) is 69.6 Å². The quantitative estimate of drug-likeness (QED) is 0.172. The molecule has 0 bridgehead atoms. The minimum absolute atomic E-state index is 0.167. The van der Waals surface area contributed by atoms with Crippen LogP contribution in [-0.2, 0) is 14.3 Å². The maximum atomic E-state index is 12.7. The van der Waals surface area contributed by atoms with Crippen molar-refractivity contribution in [3.63, 3.8) is 0 Å². The van der Waals surface area contributed by atoms with Crippen molar-refractivity contribution >= 4 is 46.3 Å². The molecule has 0 aromatic heterocycles. The largest absolute Gasteiger partial charge is 0.493 e. The lowest BCUT2D eigenvalue weighted by Gasteiger charge is -2.13. The Morgan fingerprint density at radius 2 is 1.87 bits per heavy atom. The number of hydrogen-bond acceptors (Lipinski definition) is 7. The monoisotopic (exact) mass is 465 g/mol. The van der Waals surface area contributed by atoms with Gasteiger partial charge in [0.15, 0.2) is 11.5 Å². The van der Waals surface area contributed by atoms with Crippen LogP contribution in [0.3, 0.4) is 0 Å². The fraction of sp³-hybridized carbons (Fsp3) is 0.522. The number of benzene rings is 1. The van der Waals surface area contributed by atoms with Gasteiger partial charge in [0.2, 0.25) is 0 Å². The number of hydrogen-bond donors (Lipinski definition) is 0. The van der Waals surface area contributed by atoms with Gasteiger partial charge in [-0.25, -0.2) is 0 Å². The Balaban J connectivity index is 2.01. The van der Waals surface area contributed by atoms with Crippen molar-refractivity contribution < 1.29 is 23.8 Å². The van der Waals surface area contributed by atoms with Crippen LogP contribution in [-0.4, -0.2) is 48.0 Å². The molecule has 8 heteroatoms. The number of amides is 1. The minimum atomic E-state index is -0.451. The maximum absolute atomic E-state index is 12.7. The zero-order valence-electron chi connectivity index (χ0n) is 18.5. The van der Waals surface area contributed by atoms with Crippen molar-refractivity contribution in [1.82, 2.24) is 4.90 Å². The Morgan fingerprint density at radius 3 is 2.58 bits per heavy atom. The molecule has 1 aliphatic rings. The number of carbonyl (C=O) groups is 2. The highest BCUT2D eigenvalue weighted by molar-refractivity contribution is 8.26. The van der Waals surface area contributed by atoms with Crippen molar-refractivity contribution in [2.24, 2.45) is 0 Å². The molecule has 6 nitrogen and oxygen atoms in total. The number of thiocarbonyl (C=S) groups is 1. The smallest absolute Gasteiger partial charge is 0.326 e. The first-order valence-electron chi connectivity index (χ1n) is 10.7. The van der Waals surface area contributed by atoms with Gasteiger partial charge < -0.3 is 14.2 Å². The summed E-state index contributed by atoms with van der Waals surface area (Å²) in [6.07, 6.45) is 8.01. The van der Waals surface area contributed by atoms with Gasteiger partial charge in [0.05, 0.1) is 25.2 Å². The summed E-state index contributed by atoms with van der Waals surface area (Å²) in [5.41, 5.74) is 0.793. The van der Waals surface area contributed by atoms with Crippen LogP contribution in [0, 0.1) is 0 Å². The summed E-state index contributed by atoms with van der Waals surface area (Å²) >= 11 is 6.46. The minimum Gasteiger partial charge on any atom is -0.493 e. The van der Waals surface area contributed by atoms with E-state index >= 15 is 0 Å². The van der Waals surface area contributed by atoms with Gasteiger partial charge in [-0.15, -0.1) is 0 Å². The fourth-order valence-corrected chi connectivity index (χ4v) is 4.15. The van der Waals surface area contributed by atoms with Gasteiger partial charge in [-0.2, -0.15) is 0 Å². The lowest BCUT2D eigenvalue weighted by molar-refractivity contribution is -0.146. The van der Waals surface area contributed by atoms with Gasteiger partial charge in [-0.3, -0.25) is 14.5 Å². The van der Waals surface area contributed by atoms with E-state index in [9.17, 15) is 9.59 Å². The Kier molecular flexibility index (Phi) is 10.9. The number of carbonyl (C=O) groups excluding carboxylic acids is 2. The molecule has 1 fully saturated rings. The highest BCUT2D eigenvalue weighted by Crippen LogP contribution is 2.34. The third-order valence-electron chi connectivity index (χ3n) is 4.66. The van der Waals surface area contributed by atoms with Crippen LogP contribution in [0.5, 0.6) is 11.5 Å². The second-order valence-electron chi connectivity index (χ2n) is 7.16. The number of thioether (sulfide) groups is 1. The molecule has 2 rings (SSSR count). The van der Waals surface area contributed by atoms with E-state index in [1.54, 1.807) is 13.2 Å². The van der Waals surface area contributed by atoms with Crippen molar-refractivity contribution in [1.29, 1.82) is 0 Å². The molecule has 0 aliphatic carbocycles. The highest BCUT2D eigenvalue weighted by Gasteiger charge is 2.33. The molecular weight excluding hydrogens is 434 g/mol. The van der Waals surface area contributed by atoms with E-state index < -0.39 is 5.97 Å². The van der Waals surface area contributed by atoms with Crippen molar-refractivity contribution in [3.8, 4) is 11.5 Å². The first-order chi connectivity index (χ1) is 15.0. The van der Waals surface area contributed by atoms with Gasteiger partial charge in [0.1, 0.15) is 10.9 Å². The van der Waals surface area contributed by atoms with E-state index in [1.807, 2.05) is 25.1 Å². The van der Waals surface area contributed by atoms with E-state index in [-0.39, 0.29) is 12.5 Å². The lowest BCUT2D eigenvalue weighted by atomic mass is 10.1. The van der Waals surface area contributed by atoms with E-state index in [4.69, 9.17) is 26.4 Å². The van der Waals surface area contributed by atoms with Crippen molar-refractivity contribution in [2.75, 3.05) is 26.9 Å². The fourth-order valence-electron chi connectivity index (χ4n) is 2.90. The van der Waals surface area contributed by atoms with Crippen LogP contribution in [0.15, 0.2) is 23.1 Å². The normalized spacial score (nSPS) is 14.9. The number of esters is 1. The van der Waals surface area contributed by atoms with Gasteiger partial charge in [0, 0.05) is 0 Å². The lowest BCUT2D eigenvalue weighted by Crippen LogP contribution is -2.34. The van der Waals surface area contributed by atoms with E-state index in [1.165, 1.54) is 29.5 Å². The van der Waals surface area contributed by atoms with Crippen LogP contribution in [0.2, 0.25) is 0 Å². The Bertz CT molecular complexity index is 809. The SMILES string of the molecule is CCCCCCOc1ccc(/C=C2\SC(=S)N(CC(=O)OCCCC)C2=O)cc1OC. The number of unbranched alkanes of at least 4 members (excludes halogenated alkanes) is 4. The standard InChI is InChI=1S/C23H31NO5S2/c1-4-6-8-9-13-28-18-11-10-17(14-19(18)27-3)15-20-22(26)24(23(30)31-20)16-21(25)29-12-7-5-2/h10-11,14-15H,4-9,12-13,16H2,1-3H3/b20-15-. The molecule has 1 amide bonds. The molecule has 0 atom stereocenters. The highest BCUT2D eigenvalue weighted by atomic mass is 32.2. The Hall–Kier alpha value is -2.06. The molecule has 1 aliphatic heterocycles. The Labute approximate surface area is 194 Å². The average Bonchev–Trinajstić information content (AvgIpc) is 3.01. The molecule has 0 spiro atoms. The van der Waals surface area contributed by atoms with Crippen molar-refractivity contribution in [2.45, 2.75) is 52.4 Å². The molecule has 0 N–H and O–H groups in total. The van der Waals surface area contributed by atoms with Crippen LogP contribution < -0.4 is 9.47 Å². The molecule has 1 heterocycles. The number of methoxy groups -OCH3 is 1. The molecular formula is C23H31NO5S2. The van der Waals surface area contributed by atoms with Gasteiger partial charge >= 0.3 is 5.97 Å². The molecule has 170 valence electrons. The maximum Gasteiger partial charge on any atom is 0.326 e. The molecule has 0 saturated carbocycles. The Morgan fingerprint density at radius 1 is 1.10 bits per heavy atom. The van der Waals surface area contributed by atoms with E-state index in [0.717, 1.165) is 31.2 Å². The predicted octanol–water partition coefficient (Wildman–Crippen LogP) is 5.20. The van der Waals surface area contributed by atoms with Crippen LogP contribution in [0.1, 0.15) is 57.9 Å². The number of nitrogens with zero attached hydrogens (tertiary/aromatic N) is 1. The zero-order valence-corrected chi connectivity index (χ0v) is 20.1. The second kappa shape index (κ2) is 13.4. The average molecular weight is 466 g/mol. The number of ether oxygens (including phenoxy) is 3. The summed E-state index contributed by atoms with van der Waals surface area (Å²) in [5, 5.41) is 0. The predicted molar refractivity (Wildman–Crippen MR) is 128 cm³/mol. The molecule has 1 aromatic carbocycles. The summed E-state index contributed by atoms with van der Waals surface area (Å²) in [6.45, 7) is 5.02.